The van der Waals surface area contributed by atoms with Gasteiger partial charge in [0.25, 0.3) is 0 Å². The molecule has 0 aromatic heterocycles. The quantitative estimate of drug-likeness (QED) is 0.373. The van der Waals surface area contributed by atoms with E-state index in [-0.39, 0.29) is 24.1 Å². The van der Waals surface area contributed by atoms with E-state index in [0.29, 0.717) is 23.2 Å². The van der Waals surface area contributed by atoms with Gasteiger partial charge in [0.1, 0.15) is 23.4 Å². The molecule has 9 heteroatoms. The normalized spacial score (nSPS) is 16.6. The van der Waals surface area contributed by atoms with Gasteiger partial charge in [0, 0.05) is 12.1 Å². The zero-order chi connectivity index (χ0) is 23.8. The summed E-state index contributed by atoms with van der Waals surface area (Å²) in [7, 11) is 0. The van der Waals surface area contributed by atoms with Crippen LogP contribution in [0.1, 0.15) is 17.5 Å². The van der Waals surface area contributed by atoms with Gasteiger partial charge in [0.05, 0.1) is 6.21 Å². The van der Waals surface area contributed by atoms with Gasteiger partial charge in [-0.1, -0.05) is 42.1 Å². The minimum Gasteiger partial charge on any atom is -0.489 e. The molecule has 0 bridgehead atoms. The van der Waals surface area contributed by atoms with Crippen LogP contribution >= 0.6 is 11.8 Å². The molecule has 0 radical (unpaired) electrons. The Kier molecular flexibility index (Phi) is 7.67. The van der Waals surface area contributed by atoms with Crippen molar-refractivity contribution in [1.29, 1.82) is 0 Å². The molecule has 0 aliphatic carbocycles. The van der Waals surface area contributed by atoms with Gasteiger partial charge >= 0.3 is 0 Å². The van der Waals surface area contributed by atoms with Gasteiger partial charge in [0.15, 0.2) is 5.17 Å². The van der Waals surface area contributed by atoms with Gasteiger partial charge < -0.3 is 15.4 Å². The first-order valence-electron chi connectivity index (χ1n) is 10.5. The molecule has 1 aliphatic heterocycles. The monoisotopic (exact) mass is 476 g/mol. The van der Waals surface area contributed by atoms with E-state index in [1.807, 2.05) is 30.3 Å². The van der Waals surface area contributed by atoms with Crippen molar-refractivity contribution in [1.82, 2.24) is 5.32 Å². The summed E-state index contributed by atoms with van der Waals surface area (Å²) in [6.45, 7) is 0.336. The summed E-state index contributed by atoms with van der Waals surface area (Å²) < 4.78 is 18.6. The van der Waals surface area contributed by atoms with E-state index in [9.17, 15) is 14.0 Å². The van der Waals surface area contributed by atoms with E-state index < -0.39 is 5.25 Å². The van der Waals surface area contributed by atoms with Crippen molar-refractivity contribution < 1.29 is 18.7 Å². The van der Waals surface area contributed by atoms with Crippen LogP contribution in [-0.4, -0.2) is 28.4 Å². The number of hydrogen-bond acceptors (Lipinski definition) is 6. The standard InChI is InChI=1S/C25H21FN4O3S/c26-19-10-6-18(7-11-19)16-33-21-12-8-17(9-13-21)15-27-30-25-29-24(32)22(34-25)14-23(31)28-20-4-2-1-3-5-20/h1-13,15,22H,14,16H2,(H,28,31)(H,29,30,32). The fourth-order valence-corrected chi connectivity index (χ4v) is 3.96. The Morgan fingerprint density at radius 3 is 2.53 bits per heavy atom. The maximum Gasteiger partial charge on any atom is 0.240 e. The summed E-state index contributed by atoms with van der Waals surface area (Å²) in [4.78, 5) is 24.3. The molecular weight excluding hydrogens is 455 g/mol. The second-order valence-electron chi connectivity index (χ2n) is 7.35. The number of benzene rings is 3. The lowest BCUT2D eigenvalue weighted by molar-refractivity contribution is -0.122. The predicted molar refractivity (Wildman–Crippen MR) is 131 cm³/mol. The minimum atomic E-state index is -0.560. The fraction of sp³-hybridized carbons (Fsp3) is 0.120. The first kappa shape index (κ1) is 23.2. The molecule has 2 N–H and O–H groups in total. The first-order valence-corrected chi connectivity index (χ1v) is 11.3. The summed E-state index contributed by atoms with van der Waals surface area (Å²) >= 11 is 1.17. The van der Waals surface area contributed by atoms with Crippen LogP contribution in [0.25, 0.3) is 0 Å². The molecule has 0 spiro atoms. The third kappa shape index (κ3) is 6.76. The molecule has 1 atom stereocenters. The van der Waals surface area contributed by atoms with Crippen molar-refractivity contribution in [3.8, 4) is 5.75 Å². The Labute approximate surface area is 200 Å². The number of nitrogens with zero attached hydrogens (tertiary/aromatic N) is 2. The number of thioether (sulfide) groups is 1. The van der Waals surface area contributed by atoms with Crippen LogP contribution in [-0.2, 0) is 16.2 Å². The summed E-state index contributed by atoms with van der Waals surface area (Å²) in [5, 5.41) is 13.3. The average molecular weight is 477 g/mol. The number of carbonyl (C=O) groups is 2. The second-order valence-corrected chi connectivity index (χ2v) is 8.54. The highest BCUT2D eigenvalue weighted by Gasteiger charge is 2.32. The van der Waals surface area contributed by atoms with Crippen molar-refractivity contribution in [2.45, 2.75) is 18.3 Å². The van der Waals surface area contributed by atoms with Gasteiger partial charge in [-0.3, -0.25) is 9.59 Å². The summed E-state index contributed by atoms with van der Waals surface area (Å²) in [6.07, 6.45) is 1.59. The van der Waals surface area contributed by atoms with Crippen LogP contribution in [0, 0.1) is 5.82 Å². The molecule has 1 saturated heterocycles. The molecule has 3 aromatic rings. The van der Waals surface area contributed by atoms with Gasteiger partial charge in [-0.25, -0.2) is 4.39 Å². The fourth-order valence-electron chi connectivity index (χ4n) is 3.03. The summed E-state index contributed by atoms with van der Waals surface area (Å²) in [5.74, 6) is -0.131. The number of halogens is 1. The molecule has 1 unspecified atom stereocenters. The molecule has 7 nitrogen and oxygen atoms in total. The number of amides is 2. The average Bonchev–Trinajstić information content (AvgIpc) is 3.18. The Bertz CT molecular complexity index is 1200. The van der Waals surface area contributed by atoms with E-state index in [4.69, 9.17) is 4.74 Å². The van der Waals surface area contributed by atoms with E-state index in [1.165, 1.54) is 23.9 Å². The smallest absolute Gasteiger partial charge is 0.240 e. The SMILES string of the molecule is O=C(CC1S/C(=N/N=Cc2ccc(OCc3ccc(F)cc3)cc2)NC1=O)Nc1ccccc1. The number of ether oxygens (including phenoxy) is 1. The van der Waals surface area contributed by atoms with Crippen molar-refractivity contribution in [2.24, 2.45) is 10.2 Å². The van der Waals surface area contributed by atoms with Crippen LogP contribution in [0.2, 0.25) is 0 Å². The zero-order valence-electron chi connectivity index (χ0n) is 18.0. The van der Waals surface area contributed by atoms with E-state index >= 15 is 0 Å². The number of nitrogens with one attached hydrogen (secondary N) is 2. The van der Waals surface area contributed by atoms with Crippen LogP contribution in [0.3, 0.4) is 0 Å². The number of rotatable bonds is 8. The largest absolute Gasteiger partial charge is 0.489 e. The topological polar surface area (TPSA) is 92.2 Å². The first-order chi connectivity index (χ1) is 16.5. The summed E-state index contributed by atoms with van der Waals surface area (Å²) in [5.41, 5.74) is 2.35. The number of amidine groups is 1. The molecule has 172 valence electrons. The number of hydrogen-bond donors (Lipinski definition) is 2. The molecule has 1 aliphatic rings. The van der Waals surface area contributed by atoms with Gasteiger partial charge in [-0.05, 0) is 59.7 Å². The van der Waals surface area contributed by atoms with Crippen molar-refractivity contribution in [2.75, 3.05) is 5.32 Å². The van der Waals surface area contributed by atoms with Crippen molar-refractivity contribution in [3.63, 3.8) is 0 Å². The Hall–Kier alpha value is -3.98. The summed E-state index contributed by atoms with van der Waals surface area (Å²) in [6, 6.07) is 22.4. The molecule has 1 fully saturated rings. The lowest BCUT2D eigenvalue weighted by Crippen LogP contribution is -2.28. The molecule has 2 amide bonds. The highest BCUT2D eigenvalue weighted by Crippen LogP contribution is 2.23. The molecular formula is C25H21FN4O3S. The molecule has 0 saturated carbocycles. The third-order valence-electron chi connectivity index (χ3n) is 4.76. The van der Waals surface area contributed by atoms with Gasteiger partial charge in [-0.2, -0.15) is 5.10 Å². The molecule has 34 heavy (non-hydrogen) atoms. The number of carbonyl (C=O) groups excluding carboxylic acids is 2. The van der Waals surface area contributed by atoms with Crippen molar-refractivity contribution in [3.05, 3.63) is 95.8 Å². The third-order valence-corrected chi connectivity index (χ3v) is 5.83. The van der Waals surface area contributed by atoms with Crippen LogP contribution < -0.4 is 15.4 Å². The number of anilines is 1. The predicted octanol–water partition coefficient (Wildman–Crippen LogP) is 4.36. The number of para-hydroxylation sites is 1. The Morgan fingerprint density at radius 2 is 1.79 bits per heavy atom. The highest BCUT2D eigenvalue weighted by atomic mass is 32.2. The van der Waals surface area contributed by atoms with E-state index in [1.54, 1.807) is 42.6 Å². The maximum absolute atomic E-state index is 13.0. The second kappa shape index (κ2) is 11.2. The van der Waals surface area contributed by atoms with Crippen molar-refractivity contribution >= 4 is 40.6 Å². The van der Waals surface area contributed by atoms with Gasteiger partial charge in [0.2, 0.25) is 11.8 Å². The van der Waals surface area contributed by atoms with Crippen LogP contribution in [0.4, 0.5) is 10.1 Å². The maximum atomic E-state index is 13.0. The Morgan fingerprint density at radius 1 is 1.06 bits per heavy atom. The van der Waals surface area contributed by atoms with Crippen LogP contribution in [0.5, 0.6) is 5.75 Å². The minimum absolute atomic E-state index is 0.0352. The lowest BCUT2D eigenvalue weighted by atomic mass is 10.2. The van der Waals surface area contributed by atoms with Gasteiger partial charge in [-0.15, -0.1) is 5.10 Å². The van der Waals surface area contributed by atoms with E-state index in [2.05, 4.69) is 20.8 Å². The van der Waals surface area contributed by atoms with E-state index in [0.717, 1.165) is 11.1 Å². The highest BCUT2D eigenvalue weighted by molar-refractivity contribution is 8.15. The molecule has 3 aromatic carbocycles. The molecule has 1 heterocycles. The Balaban J connectivity index is 1.25. The molecule has 4 rings (SSSR count). The van der Waals surface area contributed by atoms with Crippen LogP contribution in [0.15, 0.2) is 89.1 Å². The lowest BCUT2D eigenvalue weighted by Gasteiger charge is -2.06. The zero-order valence-corrected chi connectivity index (χ0v) is 18.8.